The van der Waals surface area contributed by atoms with Gasteiger partial charge in [-0.1, -0.05) is 54.6 Å². The maximum Gasteiger partial charge on any atom is 0.255 e. The van der Waals surface area contributed by atoms with Gasteiger partial charge in [0.1, 0.15) is 5.75 Å². The molecule has 0 fully saturated rings. The van der Waals surface area contributed by atoms with E-state index in [2.05, 4.69) is 5.32 Å². The van der Waals surface area contributed by atoms with Gasteiger partial charge in [-0.25, -0.2) is 0 Å². The van der Waals surface area contributed by atoms with E-state index in [-0.39, 0.29) is 11.7 Å². The number of anilines is 1. The van der Waals surface area contributed by atoms with Crippen molar-refractivity contribution < 1.29 is 14.3 Å². The number of hydrogen-bond donors (Lipinski definition) is 1. The number of ketones is 1. The lowest BCUT2D eigenvalue weighted by Crippen LogP contribution is -2.23. The first-order valence-electron chi connectivity index (χ1n) is 8.36. The molecule has 0 unspecified atom stereocenters. The summed E-state index contributed by atoms with van der Waals surface area (Å²) in [6.45, 7) is 1.71. The van der Waals surface area contributed by atoms with E-state index in [1.165, 1.54) is 0 Å². The number of benzene rings is 3. The molecular weight excluding hydrogens is 326 g/mol. The molecule has 4 nitrogen and oxygen atoms in total. The van der Waals surface area contributed by atoms with Crippen LogP contribution in [-0.4, -0.2) is 17.8 Å². The van der Waals surface area contributed by atoms with E-state index in [0.29, 0.717) is 22.6 Å². The summed E-state index contributed by atoms with van der Waals surface area (Å²) < 4.78 is 5.76. The van der Waals surface area contributed by atoms with Gasteiger partial charge in [-0.15, -0.1) is 0 Å². The van der Waals surface area contributed by atoms with E-state index in [1.807, 2.05) is 36.4 Å². The summed E-state index contributed by atoms with van der Waals surface area (Å²) in [6.07, 6.45) is -0.627. The zero-order chi connectivity index (χ0) is 18.4. The molecule has 0 spiro atoms. The Morgan fingerprint density at radius 1 is 0.808 bits per heavy atom. The van der Waals surface area contributed by atoms with Crippen LogP contribution in [-0.2, 0) is 0 Å². The minimum Gasteiger partial charge on any atom is -0.482 e. The third-order valence-corrected chi connectivity index (χ3v) is 3.87. The Morgan fingerprint density at radius 2 is 1.42 bits per heavy atom. The van der Waals surface area contributed by atoms with Gasteiger partial charge in [-0.05, 0) is 31.2 Å². The fraction of sp³-hybridized carbons (Fsp3) is 0.0909. The Morgan fingerprint density at radius 3 is 2.08 bits per heavy atom. The second kappa shape index (κ2) is 8.12. The van der Waals surface area contributed by atoms with Crippen molar-refractivity contribution >= 4 is 17.4 Å². The lowest BCUT2D eigenvalue weighted by molar-refractivity contribution is 0.0818. The molecule has 0 radical (unpaired) electrons. The summed E-state index contributed by atoms with van der Waals surface area (Å²) in [5.41, 5.74) is 1.79. The number of ether oxygens (including phenoxy) is 1. The first kappa shape index (κ1) is 17.4. The molecule has 3 rings (SSSR count). The van der Waals surface area contributed by atoms with Gasteiger partial charge in [-0.3, -0.25) is 9.59 Å². The zero-order valence-electron chi connectivity index (χ0n) is 14.4. The van der Waals surface area contributed by atoms with E-state index >= 15 is 0 Å². The zero-order valence-corrected chi connectivity index (χ0v) is 14.4. The van der Waals surface area contributed by atoms with Crippen molar-refractivity contribution in [1.82, 2.24) is 0 Å². The summed E-state index contributed by atoms with van der Waals surface area (Å²) in [7, 11) is 0. The van der Waals surface area contributed by atoms with Gasteiger partial charge in [0.2, 0.25) is 5.78 Å². The molecule has 130 valence electrons. The maximum atomic E-state index is 12.4. The molecule has 0 heterocycles. The molecule has 0 aromatic heterocycles. The number of Topliss-reactive ketones (excluding diaryl/α,β-unsaturated/α-hetero) is 1. The van der Waals surface area contributed by atoms with Crippen molar-refractivity contribution in [1.29, 1.82) is 0 Å². The van der Waals surface area contributed by atoms with Gasteiger partial charge in [0, 0.05) is 22.9 Å². The van der Waals surface area contributed by atoms with Gasteiger partial charge < -0.3 is 10.1 Å². The van der Waals surface area contributed by atoms with Crippen LogP contribution in [0.4, 0.5) is 5.69 Å². The van der Waals surface area contributed by atoms with Crippen LogP contribution < -0.4 is 10.1 Å². The molecule has 1 amide bonds. The van der Waals surface area contributed by atoms with Gasteiger partial charge in [0.25, 0.3) is 5.91 Å². The highest BCUT2D eigenvalue weighted by Crippen LogP contribution is 2.20. The molecular formula is C22H19NO3. The number of hydrogen-bond acceptors (Lipinski definition) is 3. The minimum absolute atomic E-state index is 0.0932. The van der Waals surface area contributed by atoms with Crippen LogP contribution in [0.3, 0.4) is 0 Å². The van der Waals surface area contributed by atoms with Gasteiger partial charge in [0.15, 0.2) is 6.10 Å². The third kappa shape index (κ3) is 4.36. The minimum atomic E-state index is -0.627. The van der Waals surface area contributed by atoms with Crippen molar-refractivity contribution in [2.24, 2.45) is 0 Å². The molecule has 0 saturated heterocycles. The Balaban J connectivity index is 1.67. The van der Waals surface area contributed by atoms with Crippen LogP contribution in [0.2, 0.25) is 0 Å². The fourth-order valence-electron chi connectivity index (χ4n) is 2.53. The smallest absolute Gasteiger partial charge is 0.255 e. The number of rotatable bonds is 6. The van der Waals surface area contributed by atoms with Crippen LogP contribution in [0.5, 0.6) is 5.75 Å². The molecule has 3 aromatic carbocycles. The predicted molar refractivity (Wildman–Crippen MR) is 102 cm³/mol. The van der Waals surface area contributed by atoms with Crippen LogP contribution in [0.1, 0.15) is 27.6 Å². The highest BCUT2D eigenvalue weighted by Gasteiger charge is 2.16. The van der Waals surface area contributed by atoms with Crippen molar-refractivity contribution in [3.05, 3.63) is 96.1 Å². The summed E-state index contributed by atoms with van der Waals surface area (Å²) >= 11 is 0. The molecule has 26 heavy (non-hydrogen) atoms. The van der Waals surface area contributed by atoms with E-state index in [4.69, 9.17) is 4.74 Å². The second-order valence-electron chi connectivity index (χ2n) is 5.84. The summed E-state index contributed by atoms with van der Waals surface area (Å²) in [4.78, 5) is 24.6. The molecule has 0 aliphatic carbocycles. The topological polar surface area (TPSA) is 55.4 Å². The quantitative estimate of drug-likeness (QED) is 0.665. The Hall–Kier alpha value is -3.40. The second-order valence-corrected chi connectivity index (χ2v) is 5.84. The average molecular weight is 345 g/mol. The third-order valence-electron chi connectivity index (χ3n) is 3.87. The summed E-state index contributed by atoms with van der Waals surface area (Å²) in [5, 5.41) is 2.83. The number of carbonyl (C=O) groups is 2. The monoisotopic (exact) mass is 345 g/mol. The molecule has 0 saturated carbocycles. The largest absolute Gasteiger partial charge is 0.482 e. The number of nitrogens with one attached hydrogen (secondary N) is 1. The number of carbonyl (C=O) groups excluding carboxylic acids is 2. The van der Waals surface area contributed by atoms with E-state index in [9.17, 15) is 9.59 Å². The van der Waals surface area contributed by atoms with Crippen molar-refractivity contribution in [3.8, 4) is 5.75 Å². The van der Waals surface area contributed by atoms with Crippen molar-refractivity contribution in [3.63, 3.8) is 0 Å². The first-order valence-corrected chi connectivity index (χ1v) is 8.36. The Labute approximate surface area is 152 Å². The molecule has 1 atom stereocenters. The van der Waals surface area contributed by atoms with E-state index in [0.717, 1.165) is 0 Å². The molecule has 3 aromatic rings. The van der Waals surface area contributed by atoms with E-state index < -0.39 is 6.10 Å². The highest BCUT2D eigenvalue weighted by molar-refractivity contribution is 6.04. The molecule has 0 bridgehead atoms. The van der Waals surface area contributed by atoms with Gasteiger partial charge >= 0.3 is 0 Å². The highest BCUT2D eigenvalue weighted by atomic mass is 16.5. The molecule has 0 aliphatic heterocycles. The number of amides is 1. The summed E-state index contributed by atoms with van der Waals surface area (Å²) in [6, 6.07) is 25.0. The van der Waals surface area contributed by atoms with Gasteiger partial charge in [-0.2, -0.15) is 0 Å². The van der Waals surface area contributed by atoms with Gasteiger partial charge in [0.05, 0.1) is 0 Å². The Kier molecular flexibility index (Phi) is 5.44. The maximum absolute atomic E-state index is 12.4. The first-order chi connectivity index (χ1) is 12.6. The Bertz CT molecular complexity index is 892. The van der Waals surface area contributed by atoms with Crippen LogP contribution in [0.25, 0.3) is 0 Å². The van der Waals surface area contributed by atoms with Crippen molar-refractivity contribution in [2.45, 2.75) is 13.0 Å². The predicted octanol–water partition coefficient (Wildman–Crippen LogP) is 4.59. The fourth-order valence-corrected chi connectivity index (χ4v) is 2.53. The van der Waals surface area contributed by atoms with E-state index in [1.54, 1.807) is 55.5 Å². The average Bonchev–Trinajstić information content (AvgIpc) is 2.69. The van der Waals surface area contributed by atoms with Crippen LogP contribution in [0, 0.1) is 0 Å². The SMILES string of the molecule is C[C@@H](Oc1cccc(NC(=O)c2ccccc2)c1)C(=O)c1ccccc1. The van der Waals surface area contributed by atoms with Crippen LogP contribution >= 0.6 is 0 Å². The lowest BCUT2D eigenvalue weighted by atomic mass is 10.1. The molecule has 1 N–H and O–H groups in total. The van der Waals surface area contributed by atoms with Crippen LogP contribution in [0.15, 0.2) is 84.9 Å². The molecule has 4 heteroatoms. The lowest BCUT2D eigenvalue weighted by Gasteiger charge is -2.15. The summed E-state index contributed by atoms with van der Waals surface area (Å²) in [5.74, 6) is 0.230. The normalized spacial score (nSPS) is 11.4. The standard InChI is InChI=1S/C22H19NO3/c1-16(21(24)17-9-4-2-5-10-17)26-20-14-8-13-19(15-20)23-22(25)18-11-6-3-7-12-18/h2-16H,1H3,(H,23,25)/t16-/m1/s1. The molecule has 0 aliphatic rings. The van der Waals surface area contributed by atoms with Crippen molar-refractivity contribution in [2.75, 3.05) is 5.32 Å².